The van der Waals surface area contributed by atoms with Gasteiger partial charge in [-0.2, -0.15) is 13.2 Å². The van der Waals surface area contributed by atoms with Crippen LogP contribution in [0.25, 0.3) is 0 Å². The summed E-state index contributed by atoms with van der Waals surface area (Å²) in [5, 5.41) is 4.40. The number of amides is 2. The maximum absolute atomic E-state index is 13.4. The minimum atomic E-state index is -4.68. The number of carbonyl (C=O) groups is 2. The molecule has 0 aromatic heterocycles. The predicted octanol–water partition coefficient (Wildman–Crippen LogP) is 2.97. The van der Waals surface area contributed by atoms with E-state index in [2.05, 4.69) is 5.32 Å². The smallest absolute Gasteiger partial charge is 0.412 e. The Balaban J connectivity index is 3.02. The summed E-state index contributed by atoms with van der Waals surface area (Å²) in [4.78, 5) is 23.6. The highest BCUT2D eigenvalue weighted by atomic mass is 19.4. The number of carbonyl (C=O) groups excluding carboxylic acids is 2. The lowest BCUT2D eigenvalue weighted by molar-refractivity contribution is -0.164. The van der Waals surface area contributed by atoms with Crippen LogP contribution in [0.4, 0.5) is 13.2 Å². The Bertz CT molecular complexity index is 586. The van der Waals surface area contributed by atoms with E-state index in [1.165, 1.54) is 38.3 Å². The molecule has 1 aromatic rings. The molecule has 0 heterocycles. The van der Waals surface area contributed by atoms with Gasteiger partial charge in [0.05, 0.1) is 7.11 Å². The number of halogens is 3. The SMILES string of the molecule is COc1ccc(C(NC(=O)C(CC(C)C)NC(C)=O)C(F)(F)F)cc1. The zero-order valence-corrected chi connectivity index (χ0v) is 14.6. The van der Waals surface area contributed by atoms with E-state index in [9.17, 15) is 22.8 Å². The molecule has 0 radical (unpaired) electrons. The van der Waals surface area contributed by atoms with Crippen molar-refractivity contribution in [3.05, 3.63) is 29.8 Å². The number of benzene rings is 1. The van der Waals surface area contributed by atoms with Gasteiger partial charge >= 0.3 is 6.18 Å². The van der Waals surface area contributed by atoms with Gasteiger partial charge in [0, 0.05) is 6.92 Å². The van der Waals surface area contributed by atoms with Crippen molar-refractivity contribution in [2.45, 2.75) is 45.5 Å². The average Bonchev–Trinajstić information content (AvgIpc) is 2.50. The van der Waals surface area contributed by atoms with Crippen LogP contribution in [0.1, 0.15) is 38.8 Å². The molecule has 0 saturated heterocycles. The number of hydrogen-bond donors (Lipinski definition) is 2. The van der Waals surface area contributed by atoms with E-state index in [0.717, 1.165) is 0 Å². The molecule has 140 valence electrons. The van der Waals surface area contributed by atoms with Crippen molar-refractivity contribution >= 4 is 11.8 Å². The van der Waals surface area contributed by atoms with Crippen LogP contribution in [-0.2, 0) is 9.59 Å². The van der Waals surface area contributed by atoms with Crippen molar-refractivity contribution in [2.24, 2.45) is 5.92 Å². The molecule has 5 nitrogen and oxygen atoms in total. The van der Waals surface area contributed by atoms with Crippen molar-refractivity contribution in [3.63, 3.8) is 0 Å². The molecule has 2 atom stereocenters. The third kappa shape index (κ3) is 6.64. The highest BCUT2D eigenvalue weighted by Gasteiger charge is 2.42. The van der Waals surface area contributed by atoms with Gasteiger partial charge in [-0.05, 0) is 30.0 Å². The first-order chi connectivity index (χ1) is 11.5. The van der Waals surface area contributed by atoms with Gasteiger partial charge in [0.15, 0.2) is 6.04 Å². The monoisotopic (exact) mass is 360 g/mol. The Hall–Kier alpha value is -2.25. The van der Waals surface area contributed by atoms with Crippen LogP contribution in [0, 0.1) is 5.92 Å². The topological polar surface area (TPSA) is 67.4 Å². The quantitative estimate of drug-likeness (QED) is 0.786. The second kappa shape index (κ2) is 8.73. The first-order valence-electron chi connectivity index (χ1n) is 7.82. The predicted molar refractivity (Wildman–Crippen MR) is 87.0 cm³/mol. The van der Waals surface area contributed by atoms with Crippen LogP contribution in [0.5, 0.6) is 5.75 Å². The van der Waals surface area contributed by atoms with Crippen LogP contribution in [0.2, 0.25) is 0 Å². The Morgan fingerprint density at radius 3 is 2.08 bits per heavy atom. The van der Waals surface area contributed by atoms with Crippen molar-refractivity contribution in [3.8, 4) is 5.75 Å². The second-order valence-electron chi connectivity index (χ2n) is 6.14. The average molecular weight is 360 g/mol. The summed E-state index contributed by atoms with van der Waals surface area (Å²) in [6.45, 7) is 4.84. The van der Waals surface area contributed by atoms with E-state index in [1.54, 1.807) is 0 Å². The fourth-order valence-electron chi connectivity index (χ4n) is 2.34. The number of methoxy groups -OCH3 is 1. The van der Waals surface area contributed by atoms with Crippen LogP contribution in [0.15, 0.2) is 24.3 Å². The Morgan fingerprint density at radius 2 is 1.68 bits per heavy atom. The lowest BCUT2D eigenvalue weighted by atomic mass is 10.0. The number of nitrogens with one attached hydrogen (secondary N) is 2. The molecule has 25 heavy (non-hydrogen) atoms. The number of rotatable bonds is 7. The standard InChI is InChI=1S/C17H23F3N2O3/c1-10(2)9-14(21-11(3)23)16(24)22-15(17(18,19)20)12-5-7-13(25-4)8-6-12/h5-8,10,14-15H,9H2,1-4H3,(H,21,23)(H,22,24). The van der Waals surface area contributed by atoms with E-state index in [0.29, 0.717) is 5.75 Å². The Kier molecular flexibility index (Phi) is 7.26. The molecule has 8 heteroatoms. The fraction of sp³-hybridized carbons (Fsp3) is 0.529. The molecule has 2 unspecified atom stereocenters. The summed E-state index contributed by atoms with van der Waals surface area (Å²) in [6.07, 6.45) is -4.44. The largest absolute Gasteiger partial charge is 0.497 e. The molecule has 0 spiro atoms. The van der Waals surface area contributed by atoms with Gasteiger partial charge in [-0.15, -0.1) is 0 Å². The molecule has 0 bridgehead atoms. The van der Waals surface area contributed by atoms with Crippen LogP contribution >= 0.6 is 0 Å². The molecule has 0 aliphatic carbocycles. The van der Waals surface area contributed by atoms with E-state index in [4.69, 9.17) is 4.74 Å². The van der Waals surface area contributed by atoms with E-state index in [1.807, 2.05) is 19.2 Å². The minimum Gasteiger partial charge on any atom is -0.497 e. The Morgan fingerprint density at radius 1 is 1.12 bits per heavy atom. The van der Waals surface area contributed by atoms with Gasteiger partial charge < -0.3 is 15.4 Å². The maximum Gasteiger partial charge on any atom is 0.412 e. The highest BCUT2D eigenvalue weighted by Crippen LogP contribution is 2.33. The van der Waals surface area contributed by atoms with E-state index < -0.39 is 30.1 Å². The van der Waals surface area contributed by atoms with Gasteiger partial charge in [0.2, 0.25) is 11.8 Å². The number of hydrogen-bond acceptors (Lipinski definition) is 3. The molecule has 1 aromatic carbocycles. The third-order valence-corrected chi connectivity index (χ3v) is 3.46. The summed E-state index contributed by atoms with van der Waals surface area (Å²) in [5.74, 6) is -0.921. The molecule has 2 amide bonds. The zero-order chi connectivity index (χ0) is 19.2. The summed E-state index contributed by atoms with van der Waals surface area (Å²) < 4.78 is 45.1. The van der Waals surface area contributed by atoms with Crippen LogP contribution in [0.3, 0.4) is 0 Å². The molecule has 2 N–H and O–H groups in total. The van der Waals surface area contributed by atoms with Crippen molar-refractivity contribution in [1.29, 1.82) is 0 Å². The van der Waals surface area contributed by atoms with Crippen molar-refractivity contribution < 1.29 is 27.5 Å². The summed E-state index contributed by atoms with van der Waals surface area (Å²) >= 11 is 0. The highest BCUT2D eigenvalue weighted by molar-refractivity contribution is 5.87. The van der Waals surface area contributed by atoms with Gasteiger partial charge in [-0.3, -0.25) is 9.59 Å². The van der Waals surface area contributed by atoms with E-state index in [-0.39, 0.29) is 17.9 Å². The molecule has 0 aliphatic rings. The maximum atomic E-state index is 13.4. The fourth-order valence-corrected chi connectivity index (χ4v) is 2.34. The molecule has 0 saturated carbocycles. The van der Waals surface area contributed by atoms with Gasteiger partial charge in [0.1, 0.15) is 11.8 Å². The lowest BCUT2D eigenvalue weighted by Crippen LogP contribution is -2.50. The second-order valence-corrected chi connectivity index (χ2v) is 6.14. The van der Waals surface area contributed by atoms with Crippen molar-refractivity contribution in [2.75, 3.05) is 7.11 Å². The molecular weight excluding hydrogens is 337 g/mol. The third-order valence-electron chi connectivity index (χ3n) is 3.46. The first kappa shape index (κ1) is 20.8. The van der Waals surface area contributed by atoms with E-state index >= 15 is 0 Å². The normalized spacial score (nSPS) is 13.9. The number of alkyl halides is 3. The summed E-state index contributed by atoms with van der Waals surface area (Å²) in [5.41, 5.74) is -0.118. The van der Waals surface area contributed by atoms with Gasteiger partial charge in [0.25, 0.3) is 0 Å². The minimum absolute atomic E-state index is 0.0212. The lowest BCUT2D eigenvalue weighted by Gasteiger charge is -2.26. The zero-order valence-electron chi connectivity index (χ0n) is 14.6. The molecule has 0 aliphatic heterocycles. The van der Waals surface area contributed by atoms with Gasteiger partial charge in [-0.25, -0.2) is 0 Å². The molecule has 1 rings (SSSR count). The summed E-state index contributed by atoms with van der Waals surface area (Å²) in [7, 11) is 1.40. The van der Waals surface area contributed by atoms with Gasteiger partial charge in [-0.1, -0.05) is 26.0 Å². The molecular formula is C17H23F3N2O3. The first-order valence-corrected chi connectivity index (χ1v) is 7.82. The number of ether oxygens (including phenoxy) is 1. The van der Waals surface area contributed by atoms with Crippen molar-refractivity contribution in [1.82, 2.24) is 10.6 Å². The van der Waals surface area contributed by atoms with Crippen LogP contribution < -0.4 is 15.4 Å². The Labute approximate surface area is 144 Å². The van der Waals surface area contributed by atoms with Crippen LogP contribution in [-0.4, -0.2) is 31.1 Å². The summed E-state index contributed by atoms with van der Waals surface area (Å²) in [6, 6.07) is 2.06. The molecule has 0 fully saturated rings.